The fraction of sp³-hybridized carbons (Fsp3) is 0.333. The first kappa shape index (κ1) is 12.5. The molecule has 1 aliphatic carbocycles. The minimum atomic E-state index is -0.533. The van der Waals surface area contributed by atoms with Crippen molar-refractivity contribution < 1.29 is 19.8 Å². The Labute approximate surface area is 93.6 Å². The Balaban J connectivity index is 3.36. The second-order valence-corrected chi connectivity index (χ2v) is 3.47. The van der Waals surface area contributed by atoms with E-state index in [2.05, 4.69) is 0 Å². The van der Waals surface area contributed by atoms with Crippen LogP contribution in [-0.4, -0.2) is 35.0 Å². The zero-order valence-electron chi connectivity index (χ0n) is 9.28. The van der Waals surface area contributed by atoms with E-state index in [1.54, 1.807) is 26.0 Å². The Morgan fingerprint density at radius 1 is 1.06 bits per heavy atom. The number of carbonyl (C=O) groups excluding carboxylic acids is 2. The van der Waals surface area contributed by atoms with Crippen molar-refractivity contribution >= 4 is 11.6 Å². The SMILES string of the molecule is CC=CC1=C(C)C(=O)C(CO)=C(CO)C1=O. The van der Waals surface area contributed by atoms with Crippen LogP contribution in [0.1, 0.15) is 13.8 Å². The summed E-state index contributed by atoms with van der Waals surface area (Å²) in [7, 11) is 0. The third kappa shape index (κ3) is 1.89. The lowest BCUT2D eigenvalue weighted by molar-refractivity contribution is -0.117. The van der Waals surface area contributed by atoms with Gasteiger partial charge in [0.15, 0.2) is 11.6 Å². The standard InChI is InChI=1S/C12H14O4/c1-3-4-8-7(2)11(15)9(5-13)10(6-14)12(8)16/h3-4,13-14H,5-6H2,1-2H3. The van der Waals surface area contributed by atoms with Gasteiger partial charge in [-0.3, -0.25) is 9.59 Å². The van der Waals surface area contributed by atoms with E-state index in [-0.39, 0.29) is 28.3 Å². The van der Waals surface area contributed by atoms with Gasteiger partial charge in [0.25, 0.3) is 0 Å². The summed E-state index contributed by atoms with van der Waals surface area (Å²) in [5.41, 5.74) is 0.586. The molecule has 0 fully saturated rings. The van der Waals surface area contributed by atoms with Crippen LogP contribution in [0.25, 0.3) is 0 Å². The lowest BCUT2D eigenvalue weighted by Gasteiger charge is -2.18. The number of hydrogen-bond acceptors (Lipinski definition) is 4. The molecular weight excluding hydrogens is 208 g/mol. The van der Waals surface area contributed by atoms with Gasteiger partial charge in [-0.15, -0.1) is 0 Å². The van der Waals surface area contributed by atoms with E-state index in [0.29, 0.717) is 5.57 Å². The fourth-order valence-electron chi connectivity index (χ4n) is 1.66. The molecule has 4 heteroatoms. The summed E-state index contributed by atoms with van der Waals surface area (Å²) >= 11 is 0. The van der Waals surface area contributed by atoms with Gasteiger partial charge in [0.2, 0.25) is 0 Å². The van der Waals surface area contributed by atoms with Crippen molar-refractivity contribution in [2.45, 2.75) is 13.8 Å². The van der Waals surface area contributed by atoms with Crippen LogP contribution in [0.5, 0.6) is 0 Å². The minimum Gasteiger partial charge on any atom is -0.392 e. The first-order chi connectivity index (χ1) is 7.58. The van der Waals surface area contributed by atoms with Crippen LogP contribution in [0, 0.1) is 0 Å². The highest BCUT2D eigenvalue weighted by atomic mass is 16.3. The molecule has 0 aromatic carbocycles. The molecule has 0 bridgehead atoms. The number of Topliss-reactive ketones (excluding diaryl/α,β-unsaturated/α-hetero) is 2. The molecule has 86 valence electrons. The summed E-state index contributed by atoms with van der Waals surface area (Å²) in [6.45, 7) is 2.22. The maximum atomic E-state index is 11.9. The van der Waals surface area contributed by atoms with Crippen molar-refractivity contribution in [2.24, 2.45) is 0 Å². The number of aliphatic hydroxyl groups is 2. The van der Waals surface area contributed by atoms with Gasteiger partial charge in [0.05, 0.1) is 13.2 Å². The average molecular weight is 222 g/mol. The normalized spacial score (nSPS) is 18.0. The Morgan fingerprint density at radius 2 is 1.56 bits per heavy atom. The van der Waals surface area contributed by atoms with E-state index in [1.165, 1.54) is 0 Å². The van der Waals surface area contributed by atoms with Crippen LogP contribution in [-0.2, 0) is 9.59 Å². The summed E-state index contributed by atoms with van der Waals surface area (Å²) in [5.74, 6) is -0.763. The molecule has 0 aromatic rings. The summed E-state index contributed by atoms with van der Waals surface area (Å²) in [5, 5.41) is 18.1. The third-order valence-electron chi connectivity index (χ3n) is 2.55. The van der Waals surface area contributed by atoms with Crippen LogP contribution >= 0.6 is 0 Å². The lowest BCUT2D eigenvalue weighted by Crippen LogP contribution is -2.25. The van der Waals surface area contributed by atoms with Crippen molar-refractivity contribution in [3.63, 3.8) is 0 Å². The largest absolute Gasteiger partial charge is 0.392 e. The maximum absolute atomic E-state index is 11.9. The van der Waals surface area contributed by atoms with Gasteiger partial charge in [0.1, 0.15) is 0 Å². The number of aliphatic hydroxyl groups excluding tert-OH is 2. The van der Waals surface area contributed by atoms with Gasteiger partial charge >= 0.3 is 0 Å². The van der Waals surface area contributed by atoms with Crippen molar-refractivity contribution in [1.82, 2.24) is 0 Å². The monoisotopic (exact) mass is 222 g/mol. The van der Waals surface area contributed by atoms with E-state index in [0.717, 1.165) is 0 Å². The van der Waals surface area contributed by atoms with Crippen LogP contribution < -0.4 is 0 Å². The quantitative estimate of drug-likeness (QED) is 0.674. The molecule has 16 heavy (non-hydrogen) atoms. The van der Waals surface area contributed by atoms with Gasteiger partial charge in [-0.25, -0.2) is 0 Å². The number of carbonyl (C=O) groups is 2. The smallest absolute Gasteiger partial charge is 0.192 e. The lowest BCUT2D eigenvalue weighted by atomic mass is 9.85. The zero-order chi connectivity index (χ0) is 12.3. The highest BCUT2D eigenvalue weighted by Gasteiger charge is 2.29. The molecule has 0 amide bonds. The number of ketones is 2. The molecule has 4 nitrogen and oxygen atoms in total. The van der Waals surface area contributed by atoms with Crippen molar-refractivity contribution in [1.29, 1.82) is 0 Å². The summed E-state index contributed by atoms with van der Waals surface area (Å²) in [4.78, 5) is 23.7. The van der Waals surface area contributed by atoms with Gasteiger partial charge in [-0.05, 0) is 13.8 Å². The molecule has 2 N–H and O–H groups in total. The molecule has 0 saturated heterocycles. The number of hydrogen-bond donors (Lipinski definition) is 2. The maximum Gasteiger partial charge on any atom is 0.192 e. The molecule has 1 aliphatic rings. The first-order valence-corrected chi connectivity index (χ1v) is 4.95. The molecule has 0 aromatic heterocycles. The van der Waals surface area contributed by atoms with Gasteiger partial charge in [0, 0.05) is 22.3 Å². The molecule has 0 aliphatic heterocycles. The molecular formula is C12H14O4. The van der Waals surface area contributed by atoms with Crippen molar-refractivity contribution in [2.75, 3.05) is 13.2 Å². The van der Waals surface area contributed by atoms with Crippen LogP contribution in [0.3, 0.4) is 0 Å². The Bertz CT molecular complexity index is 424. The molecule has 0 unspecified atom stereocenters. The highest BCUT2D eigenvalue weighted by Crippen LogP contribution is 2.24. The predicted molar refractivity (Wildman–Crippen MR) is 58.7 cm³/mol. The topological polar surface area (TPSA) is 74.6 Å². The summed E-state index contributed by atoms with van der Waals surface area (Å²) < 4.78 is 0. The Kier molecular flexibility index (Phi) is 3.93. The number of rotatable bonds is 3. The van der Waals surface area contributed by atoms with Gasteiger partial charge in [-0.1, -0.05) is 12.2 Å². The second kappa shape index (κ2) is 5.01. The van der Waals surface area contributed by atoms with Crippen LogP contribution in [0.2, 0.25) is 0 Å². The van der Waals surface area contributed by atoms with Crippen molar-refractivity contribution in [3.05, 3.63) is 34.4 Å². The summed E-state index contributed by atoms with van der Waals surface area (Å²) in [6, 6.07) is 0. The number of allylic oxidation sites excluding steroid dienone is 4. The molecule has 0 spiro atoms. The van der Waals surface area contributed by atoms with E-state index in [4.69, 9.17) is 10.2 Å². The van der Waals surface area contributed by atoms with Crippen LogP contribution in [0.15, 0.2) is 34.4 Å². The summed E-state index contributed by atoms with van der Waals surface area (Å²) in [6.07, 6.45) is 3.20. The van der Waals surface area contributed by atoms with Gasteiger partial charge < -0.3 is 10.2 Å². The minimum absolute atomic E-state index is 0.00162. The second-order valence-electron chi connectivity index (χ2n) is 3.47. The van der Waals surface area contributed by atoms with E-state index < -0.39 is 13.2 Å². The van der Waals surface area contributed by atoms with Gasteiger partial charge in [-0.2, -0.15) is 0 Å². The molecule has 0 saturated carbocycles. The van der Waals surface area contributed by atoms with Crippen LogP contribution in [0.4, 0.5) is 0 Å². The highest BCUT2D eigenvalue weighted by molar-refractivity contribution is 6.26. The molecule has 0 atom stereocenters. The van der Waals surface area contributed by atoms with E-state index >= 15 is 0 Å². The zero-order valence-corrected chi connectivity index (χ0v) is 9.28. The Hall–Kier alpha value is -1.52. The molecule has 0 radical (unpaired) electrons. The molecule has 0 heterocycles. The first-order valence-electron chi connectivity index (χ1n) is 4.95. The Morgan fingerprint density at radius 3 is 2.00 bits per heavy atom. The van der Waals surface area contributed by atoms with Crippen molar-refractivity contribution in [3.8, 4) is 0 Å². The average Bonchev–Trinajstić information content (AvgIpc) is 2.29. The third-order valence-corrected chi connectivity index (χ3v) is 2.55. The van der Waals surface area contributed by atoms with E-state index in [1.807, 2.05) is 0 Å². The van der Waals surface area contributed by atoms with E-state index in [9.17, 15) is 9.59 Å². The predicted octanol–water partition coefficient (Wildman–Crippen LogP) is 0.312. The molecule has 1 rings (SSSR count). The fourth-order valence-corrected chi connectivity index (χ4v) is 1.66.